The summed E-state index contributed by atoms with van der Waals surface area (Å²) < 4.78 is 34.5. The third-order valence-electron chi connectivity index (χ3n) is 3.21. The summed E-state index contributed by atoms with van der Waals surface area (Å²) in [5, 5.41) is 11.6. The Morgan fingerprint density at radius 3 is 2.33 bits per heavy atom. The number of carboxylic acid groups (broad SMARTS) is 1. The summed E-state index contributed by atoms with van der Waals surface area (Å²) >= 11 is 0. The van der Waals surface area contributed by atoms with Gasteiger partial charge in [0.15, 0.2) is 11.5 Å². The van der Waals surface area contributed by atoms with Gasteiger partial charge in [-0.3, -0.25) is 4.79 Å². The molecule has 0 saturated heterocycles. The van der Waals surface area contributed by atoms with Crippen LogP contribution in [-0.2, 0) is 14.8 Å². The number of hydrogen-bond donors (Lipinski definition) is 2. The van der Waals surface area contributed by atoms with Gasteiger partial charge in [-0.1, -0.05) is 0 Å². The third-order valence-corrected chi connectivity index (χ3v) is 5.01. The molecule has 0 atom stereocenters. The highest BCUT2D eigenvalue weighted by molar-refractivity contribution is 7.89. The fourth-order valence-corrected chi connectivity index (χ4v) is 2.65. The molecule has 134 valence electrons. The first kappa shape index (κ1) is 19.7. The molecule has 1 amide bonds. The van der Waals surface area contributed by atoms with Gasteiger partial charge < -0.3 is 19.9 Å². The van der Waals surface area contributed by atoms with Crippen molar-refractivity contribution in [2.75, 3.05) is 38.9 Å². The minimum absolute atomic E-state index is 0.0709. The molecule has 1 aromatic carbocycles. The Morgan fingerprint density at radius 1 is 1.25 bits per heavy atom. The van der Waals surface area contributed by atoms with Crippen molar-refractivity contribution >= 4 is 27.6 Å². The smallest absolute Gasteiger partial charge is 0.335 e. The molecule has 0 saturated carbocycles. The molecule has 0 bridgehead atoms. The van der Waals surface area contributed by atoms with Gasteiger partial charge in [-0.15, -0.1) is 0 Å². The van der Waals surface area contributed by atoms with E-state index in [1.54, 1.807) is 0 Å². The molecule has 1 aromatic rings. The lowest BCUT2D eigenvalue weighted by Gasteiger charge is -2.18. The van der Waals surface area contributed by atoms with Crippen LogP contribution < -0.4 is 14.8 Å². The van der Waals surface area contributed by atoms with Crippen LogP contribution in [0, 0.1) is 0 Å². The number of methoxy groups -OCH3 is 2. The van der Waals surface area contributed by atoms with Crippen LogP contribution >= 0.6 is 0 Å². The summed E-state index contributed by atoms with van der Waals surface area (Å²) in [5.41, 5.74) is -0.0426. The molecule has 2 N–H and O–H groups in total. The van der Waals surface area contributed by atoms with Crippen LogP contribution in [0.15, 0.2) is 12.1 Å². The van der Waals surface area contributed by atoms with Gasteiger partial charge in [0.25, 0.3) is 0 Å². The monoisotopic (exact) mass is 360 g/mol. The number of ether oxygens (including phenoxy) is 2. The standard InChI is InChI=1S/C14H20N2O7S/c1-5-24(20,21)16(2)8-12(17)15-10-6-9(14(18)19)7-11(22-3)13(10)23-4/h6-7H,5,8H2,1-4H3,(H,15,17)(H,18,19). The molecule has 0 unspecified atom stereocenters. The predicted molar refractivity (Wildman–Crippen MR) is 87.2 cm³/mol. The molecular formula is C14H20N2O7S. The Morgan fingerprint density at radius 2 is 1.88 bits per heavy atom. The van der Waals surface area contributed by atoms with E-state index in [0.29, 0.717) is 0 Å². The Kier molecular flexibility index (Phi) is 6.55. The number of amides is 1. The lowest BCUT2D eigenvalue weighted by molar-refractivity contribution is -0.116. The van der Waals surface area contributed by atoms with Crippen LogP contribution in [0.4, 0.5) is 5.69 Å². The number of likely N-dealkylation sites (N-methyl/N-ethyl adjacent to an activating group) is 1. The average Bonchev–Trinajstić information content (AvgIpc) is 2.53. The maximum absolute atomic E-state index is 12.1. The molecule has 0 fully saturated rings. The van der Waals surface area contributed by atoms with E-state index in [1.807, 2.05) is 0 Å². The van der Waals surface area contributed by atoms with Crippen LogP contribution in [0.2, 0.25) is 0 Å². The number of nitrogens with zero attached hydrogens (tertiary/aromatic N) is 1. The molecule has 10 heteroatoms. The molecule has 0 spiro atoms. The Hall–Kier alpha value is -2.33. The van der Waals surface area contributed by atoms with Crippen molar-refractivity contribution in [3.05, 3.63) is 17.7 Å². The van der Waals surface area contributed by atoms with Crippen molar-refractivity contribution in [1.82, 2.24) is 4.31 Å². The summed E-state index contributed by atoms with van der Waals surface area (Å²) in [7, 11) is 0.433. The number of benzene rings is 1. The summed E-state index contributed by atoms with van der Waals surface area (Å²) in [5.74, 6) is -1.73. The van der Waals surface area contributed by atoms with E-state index in [0.717, 1.165) is 4.31 Å². The van der Waals surface area contributed by atoms with Gasteiger partial charge in [-0.2, -0.15) is 4.31 Å². The van der Waals surface area contributed by atoms with Crippen LogP contribution in [0.5, 0.6) is 11.5 Å². The summed E-state index contributed by atoms with van der Waals surface area (Å²) in [6, 6.07) is 2.46. The van der Waals surface area contributed by atoms with Crippen molar-refractivity contribution in [3.63, 3.8) is 0 Å². The van der Waals surface area contributed by atoms with E-state index >= 15 is 0 Å². The Balaban J connectivity index is 3.11. The number of carbonyl (C=O) groups is 2. The van der Waals surface area contributed by atoms with E-state index in [-0.39, 0.29) is 28.5 Å². The molecule has 0 aliphatic rings. The Bertz CT molecular complexity index is 731. The number of hydrogen-bond acceptors (Lipinski definition) is 6. The maximum atomic E-state index is 12.1. The molecule has 1 rings (SSSR count). The predicted octanol–water partition coefficient (Wildman–Crippen LogP) is 0.622. The zero-order chi connectivity index (χ0) is 18.5. The van der Waals surface area contributed by atoms with E-state index in [9.17, 15) is 18.0 Å². The van der Waals surface area contributed by atoms with Crippen molar-refractivity contribution in [1.29, 1.82) is 0 Å². The fourth-order valence-electron chi connectivity index (χ4n) is 1.89. The zero-order valence-corrected chi connectivity index (χ0v) is 14.6. The van der Waals surface area contributed by atoms with Gasteiger partial charge in [-0.05, 0) is 19.1 Å². The summed E-state index contributed by atoms with van der Waals surface area (Å²) in [4.78, 5) is 23.2. The molecule has 0 radical (unpaired) electrons. The summed E-state index contributed by atoms with van der Waals surface area (Å²) in [6.45, 7) is 1.05. The van der Waals surface area contributed by atoms with E-state index in [1.165, 1.54) is 40.3 Å². The van der Waals surface area contributed by atoms with Crippen molar-refractivity contribution < 1.29 is 32.6 Å². The number of sulfonamides is 1. The summed E-state index contributed by atoms with van der Waals surface area (Å²) in [6.07, 6.45) is 0. The van der Waals surface area contributed by atoms with Crippen LogP contribution in [-0.4, -0.2) is 63.3 Å². The highest BCUT2D eigenvalue weighted by Gasteiger charge is 2.21. The second kappa shape index (κ2) is 7.97. The molecule has 24 heavy (non-hydrogen) atoms. The highest BCUT2D eigenvalue weighted by atomic mass is 32.2. The van der Waals surface area contributed by atoms with E-state index in [4.69, 9.17) is 14.6 Å². The normalized spacial score (nSPS) is 11.2. The van der Waals surface area contributed by atoms with Crippen LogP contribution in [0.25, 0.3) is 0 Å². The zero-order valence-electron chi connectivity index (χ0n) is 13.8. The van der Waals surface area contributed by atoms with Gasteiger partial charge in [0.05, 0.1) is 37.8 Å². The minimum atomic E-state index is -3.51. The first-order valence-electron chi connectivity index (χ1n) is 6.89. The second-order valence-electron chi connectivity index (χ2n) is 4.77. The number of carboxylic acids is 1. The molecule has 0 aromatic heterocycles. The first-order chi connectivity index (χ1) is 11.2. The van der Waals surface area contributed by atoms with Crippen molar-refractivity contribution in [3.8, 4) is 11.5 Å². The lowest BCUT2D eigenvalue weighted by Crippen LogP contribution is -2.35. The number of anilines is 1. The van der Waals surface area contributed by atoms with Gasteiger partial charge >= 0.3 is 5.97 Å². The van der Waals surface area contributed by atoms with Crippen molar-refractivity contribution in [2.24, 2.45) is 0 Å². The lowest BCUT2D eigenvalue weighted by atomic mass is 10.1. The quantitative estimate of drug-likeness (QED) is 0.697. The topological polar surface area (TPSA) is 122 Å². The van der Waals surface area contributed by atoms with Crippen molar-refractivity contribution in [2.45, 2.75) is 6.92 Å². The van der Waals surface area contributed by atoms with Gasteiger partial charge in [0.2, 0.25) is 15.9 Å². The Labute approximate surface area is 140 Å². The largest absolute Gasteiger partial charge is 0.493 e. The third kappa shape index (κ3) is 4.59. The highest BCUT2D eigenvalue weighted by Crippen LogP contribution is 2.36. The SMILES string of the molecule is CCS(=O)(=O)N(C)CC(=O)Nc1cc(C(=O)O)cc(OC)c1OC. The molecular weight excluding hydrogens is 340 g/mol. The molecule has 0 aliphatic carbocycles. The first-order valence-corrected chi connectivity index (χ1v) is 8.50. The second-order valence-corrected chi connectivity index (χ2v) is 7.13. The average molecular weight is 360 g/mol. The number of aromatic carboxylic acids is 1. The van der Waals surface area contributed by atoms with Crippen LogP contribution in [0.1, 0.15) is 17.3 Å². The van der Waals surface area contributed by atoms with E-state index < -0.39 is 28.4 Å². The van der Waals surface area contributed by atoms with E-state index in [2.05, 4.69) is 5.32 Å². The fraction of sp³-hybridized carbons (Fsp3) is 0.429. The van der Waals surface area contributed by atoms with Gasteiger partial charge in [-0.25, -0.2) is 13.2 Å². The molecule has 0 aliphatic heterocycles. The number of rotatable bonds is 8. The van der Waals surface area contributed by atoms with Crippen LogP contribution in [0.3, 0.4) is 0 Å². The minimum Gasteiger partial charge on any atom is -0.493 e. The van der Waals surface area contributed by atoms with Gasteiger partial charge in [0, 0.05) is 7.05 Å². The molecule has 9 nitrogen and oxygen atoms in total. The van der Waals surface area contributed by atoms with Gasteiger partial charge in [0.1, 0.15) is 0 Å². The maximum Gasteiger partial charge on any atom is 0.335 e. The number of nitrogens with one attached hydrogen (secondary N) is 1. The molecule has 0 heterocycles. The number of carbonyl (C=O) groups excluding carboxylic acids is 1.